The molecule has 3 aromatic carbocycles. The molecule has 0 spiro atoms. The quantitative estimate of drug-likeness (QED) is 0.331. The summed E-state index contributed by atoms with van der Waals surface area (Å²) in [5.74, 6) is -0.0531. The van der Waals surface area contributed by atoms with E-state index in [1.807, 2.05) is 37.3 Å². The van der Waals surface area contributed by atoms with Crippen LogP contribution in [-0.2, 0) is 0 Å². The molecule has 4 rings (SSSR count). The van der Waals surface area contributed by atoms with Crippen LogP contribution >= 0.6 is 11.6 Å². The number of halogens is 2. The van der Waals surface area contributed by atoms with Crippen molar-refractivity contribution in [2.75, 3.05) is 15.5 Å². The van der Waals surface area contributed by atoms with E-state index >= 15 is 0 Å². The predicted molar refractivity (Wildman–Crippen MR) is 130 cm³/mol. The third kappa shape index (κ3) is 5.45. The monoisotopic (exact) mass is 461 g/mol. The molecule has 4 aromatic rings. The van der Waals surface area contributed by atoms with Crippen LogP contribution in [0.5, 0.6) is 0 Å². The topological polar surface area (TPSA) is 70.2 Å². The van der Waals surface area contributed by atoms with E-state index < -0.39 is 11.8 Å². The van der Waals surface area contributed by atoms with Crippen molar-refractivity contribution in [3.8, 4) is 0 Å². The molecule has 0 aliphatic carbocycles. The van der Waals surface area contributed by atoms with Gasteiger partial charge in [0.1, 0.15) is 11.6 Å². The first-order chi connectivity index (χ1) is 16.0. The summed E-state index contributed by atoms with van der Waals surface area (Å²) in [6.07, 6.45) is 1.52. The standard InChI is InChI=1S/C25H21ClFN5O/c1-17(18-8-3-2-4-9-18)29-24-28-15-14-23(31-24)32(22-13-6-5-12-21(22)27)25(33)30-20-11-7-10-19(26)16-20/h2-17H,1H3,(H,30,33)(H,28,29,31)/t17-/m0/s1. The number of carbonyl (C=O) groups is 1. The second kappa shape index (κ2) is 10.1. The van der Waals surface area contributed by atoms with Crippen LogP contribution in [-0.4, -0.2) is 16.0 Å². The average molecular weight is 462 g/mol. The maximum atomic E-state index is 14.7. The van der Waals surface area contributed by atoms with E-state index in [4.69, 9.17) is 11.6 Å². The van der Waals surface area contributed by atoms with Gasteiger partial charge in [-0.15, -0.1) is 0 Å². The summed E-state index contributed by atoms with van der Waals surface area (Å²) < 4.78 is 14.7. The van der Waals surface area contributed by atoms with Gasteiger partial charge in [0.15, 0.2) is 0 Å². The molecule has 8 heteroatoms. The van der Waals surface area contributed by atoms with E-state index in [9.17, 15) is 9.18 Å². The van der Waals surface area contributed by atoms with Gasteiger partial charge in [0.05, 0.1) is 11.7 Å². The van der Waals surface area contributed by atoms with E-state index in [0.29, 0.717) is 16.7 Å². The molecule has 0 bridgehead atoms. The zero-order valence-electron chi connectivity index (χ0n) is 17.7. The zero-order chi connectivity index (χ0) is 23.2. The van der Waals surface area contributed by atoms with Gasteiger partial charge >= 0.3 is 6.03 Å². The van der Waals surface area contributed by atoms with Crippen molar-refractivity contribution in [1.29, 1.82) is 0 Å². The van der Waals surface area contributed by atoms with Crippen molar-refractivity contribution in [3.63, 3.8) is 0 Å². The van der Waals surface area contributed by atoms with Gasteiger partial charge in [-0.2, -0.15) is 4.98 Å². The number of anilines is 4. The average Bonchev–Trinajstić information content (AvgIpc) is 2.81. The highest BCUT2D eigenvalue weighted by Gasteiger charge is 2.23. The summed E-state index contributed by atoms with van der Waals surface area (Å²) in [5.41, 5.74) is 1.58. The Balaban J connectivity index is 1.66. The smallest absolute Gasteiger partial charge is 0.332 e. The summed E-state index contributed by atoms with van der Waals surface area (Å²) in [4.78, 5) is 23.2. The lowest BCUT2D eigenvalue weighted by atomic mass is 10.1. The second-order valence-electron chi connectivity index (χ2n) is 7.24. The number of carbonyl (C=O) groups excluding carboxylic acids is 1. The van der Waals surface area contributed by atoms with Crippen molar-refractivity contribution in [2.45, 2.75) is 13.0 Å². The van der Waals surface area contributed by atoms with E-state index in [-0.39, 0.29) is 17.5 Å². The molecular formula is C25H21ClFN5O. The third-order valence-electron chi connectivity index (χ3n) is 4.89. The highest BCUT2D eigenvalue weighted by Crippen LogP contribution is 2.29. The maximum absolute atomic E-state index is 14.7. The zero-order valence-corrected chi connectivity index (χ0v) is 18.5. The van der Waals surface area contributed by atoms with Gasteiger partial charge in [0.25, 0.3) is 0 Å². The van der Waals surface area contributed by atoms with Gasteiger partial charge in [-0.1, -0.05) is 60.1 Å². The first-order valence-electron chi connectivity index (χ1n) is 10.3. The van der Waals surface area contributed by atoms with Crippen LogP contribution in [0.1, 0.15) is 18.5 Å². The summed E-state index contributed by atoms with van der Waals surface area (Å²) in [6.45, 7) is 1.98. The Labute approximate surface area is 196 Å². The summed E-state index contributed by atoms with van der Waals surface area (Å²) in [6, 6.07) is 23.4. The number of hydrogen-bond acceptors (Lipinski definition) is 4. The lowest BCUT2D eigenvalue weighted by Gasteiger charge is -2.23. The third-order valence-corrected chi connectivity index (χ3v) is 5.12. The van der Waals surface area contributed by atoms with Gasteiger partial charge in [-0.25, -0.2) is 19.1 Å². The summed E-state index contributed by atoms with van der Waals surface area (Å²) in [5, 5.41) is 6.44. The Bertz CT molecular complexity index is 1250. The number of amides is 2. The highest BCUT2D eigenvalue weighted by atomic mass is 35.5. The van der Waals surface area contributed by atoms with Crippen LogP contribution in [0.15, 0.2) is 91.1 Å². The van der Waals surface area contributed by atoms with Crippen molar-refractivity contribution in [1.82, 2.24) is 9.97 Å². The summed E-state index contributed by atoms with van der Waals surface area (Å²) >= 11 is 6.03. The maximum Gasteiger partial charge on any atom is 0.332 e. The van der Waals surface area contributed by atoms with Gasteiger partial charge < -0.3 is 10.6 Å². The molecule has 0 saturated heterocycles. The summed E-state index contributed by atoms with van der Waals surface area (Å²) in [7, 11) is 0. The number of benzene rings is 3. The Morgan fingerprint density at radius 1 is 1.00 bits per heavy atom. The van der Waals surface area contributed by atoms with E-state index in [0.717, 1.165) is 10.5 Å². The Morgan fingerprint density at radius 3 is 2.52 bits per heavy atom. The molecular weight excluding hydrogens is 441 g/mol. The minimum absolute atomic E-state index is 0.0535. The predicted octanol–water partition coefficient (Wildman–Crippen LogP) is 6.81. The van der Waals surface area contributed by atoms with Gasteiger partial charge in [-0.3, -0.25) is 0 Å². The molecule has 6 nitrogen and oxygen atoms in total. The Morgan fingerprint density at radius 2 is 1.76 bits per heavy atom. The number of hydrogen-bond donors (Lipinski definition) is 2. The number of para-hydroxylation sites is 1. The first-order valence-corrected chi connectivity index (χ1v) is 10.6. The van der Waals surface area contributed by atoms with Crippen LogP contribution in [0.2, 0.25) is 5.02 Å². The van der Waals surface area contributed by atoms with Crippen LogP contribution in [0.3, 0.4) is 0 Å². The van der Waals surface area contributed by atoms with Crippen molar-refractivity contribution in [3.05, 3.63) is 108 Å². The molecule has 0 saturated carbocycles. The fourth-order valence-electron chi connectivity index (χ4n) is 3.28. The molecule has 2 amide bonds. The second-order valence-corrected chi connectivity index (χ2v) is 7.68. The molecule has 1 aromatic heterocycles. The SMILES string of the molecule is C[C@H](Nc1nccc(N(C(=O)Nc2cccc(Cl)c2)c2ccccc2F)n1)c1ccccc1. The molecule has 1 heterocycles. The van der Waals surface area contributed by atoms with Crippen molar-refractivity contribution < 1.29 is 9.18 Å². The largest absolute Gasteiger partial charge is 0.348 e. The van der Waals surface area contributed by atoms with Crippen LogP contribution in [0, 0.1) is 5.82 Å². The molecule has 0 aliphatic rings. The minimum atomic E-state index is -0.594. The van der Waals surface area contributed by atoms with Crippen LogP contribution in [0.25, 0.3) is 0 Å². The number of nitrogens with one attached hydrogen (secondary N) is 2. The lowest BCUT2D eigenvalue weighted by molar-refractivity contribution is 0.258. The Hall–Kier alpha value is -3.97. The molecule has 166 valence electrons. The van der Waals surface area contributed by atoms with Gasteiger partial charge in [0, 0.05) is 23.0 Å². The van der Waals surface area contributed by atoms with Crippen molar-refractivity contribution in [2.24, 2.45) is 0 Å². The highest BCUT2D eigenvalue weighted by molar-refractivity contribution is 6.31. The number of nitrogens with zero attached hydrogens (tertiary/aromatic N) is 3. The molecule has 0 unspecified atom stereocenters. The van der Waals surface area contributed by atoms with Gasteiger partial charge in [0.2, 0.25) is 5.95 Å². The minimum Gasteiger partial charge on any atom is -0.348 e. The van der Waals surface area contributed by atoms with Crippen molar-refractivity contribution >= 4 is 40.8 Å². The Kier molecular flexibility index (Phi) is 6.80. The molecule has 2 N–H and O–H groups in total. The van der Waals surface area contributed by atoms with E-state index in [1.54, 1.807) is 42.5 Å². The molecule has 0 aliphatic heterocycles. The van der Waals surface area contributed by atoms with Crippen LogP contribution in [0.4, 0.5) is 32.3 Å². The number of rotatable bonds is 6. The fourth-order valence-corrected chi connectivity index (χ4v) is 3.47. The van der Waals surface area contributed by atoms with E-state index in [2.05, 4.69) is 20.6 Å². The fraction of sp³-hybridized carbons (Fsp3) is 0.0800. The van der Waals surface area contributed by atoms with Gasteiger partial charge in [-0.05, 0) is 42.8 Å². The molecule has 0 fully saturated rings. The number of aromatic nitrogens is 2. The lowest BCUT2D eigenvalue weighted by Crippen LogP contribution is -2.32. The molecule has 1 atom stereocenters. The first kappa shape index (κ1) is 22.2. The molecule has 0 radical (unpaired) electrons. The normalized spacial score (nSPS) is 11.5. The van der Waals surface area contributed by atoms with Crippen LogP contribution < -0.4 is 15.5 Å². The van der Waals surface area contributed by atoms with E-state index in [1.165, 1.54) is 18.3 Å². The molecule has 33 heavy (non-hydrogen) atoms. The number of urea groups is 1.